The predicted molar refractivity (Wildman–Crippen MR) is 155 cm³/mol. The normalized spacial score (nSPS) is 15.6. The van der Waals surface area contributed by atoms with Crippen molar-refractivity contribution in [2.24, 2.45) is 5.41 Å². The van der Waals surface area contributed by atoms with Crippen molar-refractivity contribution in [3.8, 4) is 0 Å². The molecule has 2 aromatic rings. The molecule has 5 nitrogen and oxygen atoms in total. The van der Waals surface area contributed by atoms with Gasteiger partial charge in [0.2, 0.25) is 5.91 Å². The van der Waals surface area contributed by atoms with Crippen LogP contribution in [0, 0.1) is 5.41 Å². The molecule has 1 aromatic heterocycles. The molecular formula is C30H41ClN4O. The number of imidazole rings is 1. The molecule has 0 radical (unpaired) electrons. The van der Waals surface area contributed by atoms with Crippen molar-refractivity contribution in [2.45, 2.75) is 54.9 Å². The summed E-state index contributed by atoms with van der Waals surface area (Å²) in [7, 11) is 0. The number of hydrogen-bond acceptors (Lipinski definition) is 3. The molecule has 0 atom stereocenters. The zero-order valence-electron chi connectivity index (χ0n) is 22.7. The standard InChI is InChI=1S/C25H31ClN2O.C3H4N2.C2H6/c1-18(9-14-23-20(3)27-16-15-25(23,4)5)7-6-8-19(2)17-24(29)28-22-12-10-21(26)11-13-22;1-2-5-3-4-1;1-2/h6-14,17,27H,15-16H2,1-5H3,(H,28,29);1-3H,(H,4,5);1-2H3/b8-6+,14-9+,18-7+,19-17+;;. The van der Waals surface area contributed by atoms with Crippen molar-refractivity contribution < 1.29 is 4.79 Å². The molecule has 0 fully saturated rings. The second-order valence-electron chi connectivity index (χ2n) is 8.85. The summed E-state index contributed by atoms with van der Waals surface area (Å²) in [6.45, 7) is 15.7. The molecule has 2 heterocycles. The average Bonchev–Trinajstić information content (AvgIpc) is 3.41. The fourth-order valence-electron chi connectivity index (χ4n) is 3.45. The topological polar surface area (TPSA) is 69.8 Å². The molecule has 1 amide bonds. The van der Waals surface area contributed by atoms with E-state index < -0.39 is 0 Å². The summed E-state index contributed by atoms with van der Waals surface area (Å²) in [5, 5.41) is 6.92. The third-order valence-corrected chi connectivity index (χ3v) is 5.63. The summed E-state index contributed by atoms with van der Waals surface area (Å²) in [4.78, 5) is 18.5. The van der Waals surface area contributed by atoms with E-state index in [0.717, 1.165) is 29.8 Å². The number of aromatic nitrogens is 2. The minimum Gasteiger partial charge on any atom is -0.388 e. The summed E-state index contributed by atoms with van der Waals surface area (Å²) in [5.41, 5.74) is 5.56. The van der Waals surface area contributed by atoms with E-state index in [9.17, 15) is 4.79 Å². The van der Waals surface area contributed by atoms with Crippen LogP contribution in [0.4, 0.5) is 5.69 Å². The fraction of sp³-hybridized carbons (Fsp3) is 0.333. The van der Waals surface area contributed by atoms with E-state index in [0.29, 0.717) is 5.02 Å². The van der Waals surface area contributed by atoms with Crippen LogP contribution < -0.4 is 10.6 Å². The summed E-state index contributed by atoms with van der Waals surface area (Å²) in [5.74, 6) is -0.162. The van der Waals surface area contributed by atoms with Gasteiger partial charge >= 0.3 is 0 Å². The zero-order valence-corrected chi connectivity index (χ0v) is 23.4. The second-order valence-corrected chi connectivity index (χ2v) is 9.28. The quantitative estimate of drug-likeness (QED) is 0.273. The summed E-state index contributed by atoms with van der Waals surface area (Å²) in [6, 6.07) is 7.05. The fourth-order valence-corrected chi connectivity index (χ4v) is 3.58. The van der Waals surface area contributed by atoms with Crippen LogP contribution in [0.15, 0.2) is 102 Å². The minimum atomic E-state index is -0.162. The summed E-state index contributed by atoms with van der Waals surface area (Å²) >= 11 is 5.85. The molecule has 0 spiro atoms. The molecule has 0 bridgehead atoms. The Labute approximate surface area is 222 Å². The molecule has 0 unspecified atom stereocenters. The highest BCUT2D eigenvalue weighted by Gasteiger charge is 2.26. The monoisotopic (exact) mass is 508 g/mol. The van der Waals surface area contributed by atoms with Crippen molar-refractivity contribution in [2.75, 3.05) is 11.9 Å². The van der Waals surface area contributed by atoms with Crippen molar-refractivity contribution in [3.05, 3.63) is 107 Å². The van der Waals surface area contributed by atoms with Gasteiger partial charge in [-0.2, -0.15) is 0 Å². The van der Waals surface area contributed by atoms with Crippen LogP contribution in [0.5, 0.6) is 0 Å². The van der Waals surface area contributed by atoms with Crippen LogP contribution in [-0.2, 0) is 4.79 Å². The largest absolute Gasteiger partial charge is 0.388 e. The molecule has 36 heavy (non-hydrogen) atoms. The Morgan fingerprint density at radius 1 is 1.11 bits per heavy atom. The lowest BCUT2D eigenvalue weighted by molar-refractivity contribution is -0.111. The third kappa shape index (κ3) is 11.9. The SMILES string of the molecule is CC.CC1=C(/C=C/C(C)=C/C=C/C(C)=C/C(=O)Nc2ccc(Cl)cc2)C(C)(C)CCN1.c1c[nH]cn1. The average molecular weight is 509 g/mol. The Balaban J connectivity index is 0.000000806. The van der Waals surface area contributed by atoms with Gasteiger partial charge in [-0.05, 0) is 68.0 Å². The van der Waals surface area contributed by atoms with Crippen LogP contribution in [0.1, 0.15) is 54.9 Å². The molecular weight excluding hydrogens is 468 g/mol. The van der Waals surface area contributed by atoms with Crippen molar-refractivity contribution in [1.29, 1.82) is 0 Å². The van der Waals surface area contributed by atoms with Crippen molar-refractivity contribution in [1.82, 2.24) is 15.3 Å². The summed E-state index contributed by atoms with van der Waals surface area (Å²) < 4.78 is 0. The molecule has 3 N–H and O–H groups in total. The molecule has 0 aliphatic carbocycles. The van der Waals surface area contributed by atoms with Crippen LogP contribution in [0.2, 0.25) is 5.02 Å². The molecule has 0 saturated carbocycles. The van der Waals surface area contributed by atoms with Crippen LogP contribution >= 0.6 is 11.6 Å². The first-order valence-corrected chi connectivity index (χ1v) is 12.7. The predicted octanol–water partition coefficient (Wildman–Crippen LogP) is 8.01. The molecule has 1 aliphatic heterocycles. The van der Waals surface area contributed by atoms with Gasteiger partial charge < -0.3 is 15.6 Å². The maximum atomic E-state index is 12.1. The van der Waals surface area contributed by atoms with Gasteiger partial charge in [-0.1, -0.05) is 75.2 Å². The van der Waals surface area contributed by atoms with Gasteiger partial charge in [-0.25, -0.2) is 4.98 Å². The number of anilines is 1. The molecule has 194 valence electrons. The smallest absolute Gasteiger partial charge is 0.248 e. The first-order chi connectivity index (χ1) is 17.2. The van der Waals surface area contributed by atoms with E-state index in [2.05, 4.69) is 60.4 Å². The van der Waals surface area contributed by atoms with Crippen molar-refractivity contribution >= 4 is 23.2 Å². The minimum absolute atomic E-state index is 0.162. The lowest BCUT2D eigenvalue weighted by Gasteiger charge is -2.33. The van der Waals surface area contributed by atoms with E-state index in [-0.39, 0.29) is 11.3 Å². The first kappa shape index (κ1) is 30.7. The highest BCUT2D eigenvalue weighted by atomic mass is 35.5. The molecule has 0 saturated heterocycles. The lowest BCUT2D eigenvalue weighted by Crippen LogP contribution is -2.31. The van der Waals surface area contributed by atoms with Gasteiger partial charge in [0.05, 0.1) is 6.33 Å². The molecule has 1 aliphatic rings. The van der Waals surface area contributed by atoms with Gasteiger partial charge in [-0.3, -0.25) is 4.79 Å². The Morgan fingerprint density at radius 3 is 2.36 bits per heavy atom. The Morgan fingerprint density at radius 2 is 1.81 bits per heavy atom. The number of H-pyrrole nitrogens is 1. The third-order valence-electron chi connectivity index (χ3n) is 5.38. The number of nitrogens with zero attached hydrogens (tertiary/aromatic N) is 1. The maximum absolute atomic E-state index is 12.1. The number of hydrogen-bond donors (Lipinski definition) is 3. The number of nitrogens with one attached hydrogen (secondary N) is 3. The van der Waals surface area contributed by atoms with Gasteiger partial charge in [-0.15, -0.1) is 0 Å². The van der Waals surface area contributed by atoms with Crippen molar-refractivity contribution in [3.63, 3.8) is 0 Å². The van der Waals surface area contributed by atoms with Crippen LogP contribution in [0.25, 0.3) is 0 Å². The Bertz CT molecular complexity index is 1060. The van der Waals surface area contributed by atoms with Gasteiger partial charge in [0.15, 0.2) is 0 Å². The number of halogens is 1. The number of aromatic amines is 1. The number of benzene rings is 1. The molecule has 6 heteroatoms. The number of amides is 1. The van der Waals surface area contributed by atoms with E-state index in [1.807, 2.05) is 39.0 Å². The Hall–Kier alpha value is -3.31. The van der Waals surface area contributed by atoms with Gasteiger partial charge in [0, 0.05) is 41.4 Å². The lowest BCUT2D eigenvalue weighted by atomic mass is 9.77. The number of carbonyl (C=O) groups is 1. The van der Waals surface area contributed by atoms with Crippen LogP contribution in [0.3, 0.4) is 0 Å². The number of rotatable bonds is 6. The van der Waals surface area contributed by atoms with Gasteiger partial charge in [0.1, 0.15) is 0 Å². The van der Waals surface area contributed by atoms with E-state index in [1.54, 1.807) is 49.1 Å². The second kappa shape index (κ2) is 16.4. The van der Waals surface area contributed by atoms with Gasteiger partial charge in [0.25, 0.3) is 0 Å². The van der Waals surface area contributed by atoms with E-state index in [4.69, 9.17) is 11.6 Å². The molecule has 3 rings (SSSR count). The number of carbonyl (C=O) groups excluding carboxylic acids is 1. The molecule has 1 aromatic carbocycles. The Kier molecular flexibility index (Phi) is 14.0. The highest BCUT2D eigenvalue weighted by molar-refractivity contribution is 6.30. The van der Waals surface area contributed by atoms with Crippen LogP contribution in [-0.4, -0.2) is 22.4 Å². The maximum Gasteiger partial charge on any atom is 0.248 e. The number of allylic oxidation sites excluding steroid dienone is 9. The highest BCUT2D eigenvalue weighted by Crippen LogP contribution is 2.35. The summed E-state index contributed by atoms with van der Waals surface area (Å²) in [6.07, 6.45) is 18.1. The van der Waals surface area contributed by atoms with E-state index >= 15 is 0 Å². The first-order valence-electron chi connectivity index (χ1n) is 12.3. The van der Waals surface area contributed by atoms with E-state index in [1.165, 1.54) is 11.3 Å². The zero-order chi connectivity index (χ0) is 27.0.